The van der Waals surface area contributed by atoms with Crippen molar-refractivity contribution in [3.8, 4) is 33.5 Å². The van der Waals surface area contributed by atoms with Gasteiger partial charge in [0.25, 0.3) is 5.17 Å². The number of H-pyrrole nitrogens is 2. The third kappa shape index (κ3) is 8.96. The van der Waals surface area contributed by atoms with E-state index in [1.165, 1.54) is 62.2 Å². The smallest absolute Gasteiger partial charge is 0.407 e. The Labute approximate surface area is 397 Å². The number of thiocarbonyl (C=S) groups is 1. The zero-order chi connectivity index (χ0) is 47.1. The predicted molar refractivity (Wildman–Crippen MR) is 264 cm³/mol. The van der Waals surface area contributed by atoms with Crippen LogP contribution in [0.3, 0.4) is 0 Å². The summed E-state index contributed by atoms with van der Waals surface area (Å²) in [6.45, 7) is 9.00. The SMILES string of the molecule is COC(=O)N[C@H](C(=O)N1CCC[C@H]1c1ncc(-c2ccc(-c3ccc(-c4ccc5[nH]c([C@@H]6CCCN6C(=O)[C@@H](NC(=S)OC)C(C)C)cc(=O)c5c4)c4c3CC3(CCCC3)C4)cc2)[nH]1)C(C)C. The number of aromatic nitrogens is 3. The van der Waals surface area contributed by atoms with Crippen molar-refractivity contribution in [3.05, 3.63) is 99.7 Å². The number of alkyl carbamates (subject to hydrolysis) is 1. The third-order valence-corrected chi connectivity index (χ3v) is 15.3. The van der Waals surface area contributed by atoms with Crippen molar-refractivity contribution in [2.45, 2.75) is 116 Å². The van der Waals surface area contributed by atoms with Gasteiger partial charge >= 0.3 is 6.09 Å². The summed E-state index contributed by atoms with van der Waals surface area (Å²) >= 11 is 5.25. The minimum Gasteiger partial charge on any atom is -0.474 e. The van der Waals surface area contributed by atoms with Gasteiger partial charge in [0.2, 0.25) is 11.8 Å². The summed E-state index contributed by atoms with van der Waals surface area (Å²) in [5.41, 5.74) is 11.0. The largest absolute Gasteiger partial charge is 0.474 e. The maximum atomic E-state index is 14.0. The number of carbonyl (C=O) groups excluding carboxylic acids is 3. The number of carbonyl (C=O) groups is 3. The number of hydrogen-bond acceptors (Lipinski definition) is 8. The average molecular weight is 926 g/mol. The van der Waals surface area contributed by atoms with Crippen molar-refractivity contribution in [3.63, 3.8) is 0 Å². The Hall–Kier alpha value is -6.02. The molecule has 2 aliphatic carbocycles. The maximum Gasteiger partial charge on any atom is 0.407 e. The van der Waals surface area contributed by atoms with Crippen LogP contribution in [0, 0.1) is 17.3 Å². The van der Waals surface area contributed by atoms with Crippen LogP contribution < -0.4 is 16.1 Å². The van der Waals surface area contributed by atoms with Gasteiger partial charge in [-0.1, -0.05) is 83.0 Å². The van der Waals surface area contributed by atoms with Crippen LogP contribution in [0.5, 0.6) is 0 Å². The second-order valence-corrected chi connectivity index (χ2v) is 20.3. The zero-order valence-electron chi connectivity index (χ0n) is 39.5. The van der Waals surface area contributed by atoms with Crippen molar-refractivity contribution in [2.75, 3.05) is 27.3 Å². The fourth-order valence-corrected chi connectivity index (χ4v) is 11.6. The minimum atomic E-state index is -0.692. The molecule has 5 aromatic rings. The van der Waals surface area contributed by atoms with Crippen LogP contribution in [0.4, 0.5) is 4.79 Å². The van der Waals surface area contributed by atoms with Crippen LogP contribution in [-0.4, -0.2) is 87.2 Å². The molecule has 3 fully saturated rings. The third-order valence-electron chi connectivity index (χ3n) is 15.0. The summed E-state index contributed by atoms with van der Waals surface area (Å²) in [6, 6.07) is 19.4. The molecule has 9 rings (SSSR count). The van der Waals surface area contributed by atoms with E-state index in [1.54, 1.807) is 6.07 Å². The van der Waals surface area contributed by atoms with E-state index in [-0.39, 0.29) is 51.8 Å². The van der Waals surface area contributed by atoms with E-state index < -0.39 is 18.2 Å². The number of fused-ring (bicyclic) bond motifs is 2. The molecule has 0 unspecified atom stereocenters. The molecule has 13 nitrogen and oxygen atoms in total. The van der Waals surface area contributed by atoms with Crippen LogP contribution in [0.2, 0.25) is 0 Å². The van der Waals surface area contributed by atoms with Crippen LogP contribution in [0.15, 0.2) is 71.7 Å². The number of ether oxygens (including phenoxy) is 2. The molecule has 2 aliphatic heterocycles. The van der Waals surface area contributed by atoms with Gasteiger partial charge < -0.3 is 39.9 Å². The van der Waals surface area contributed by atoms with Gasteiger partial charge in [-0.2, -0.15) is 0 Å². The molecule has 4 N–H and O–H groups in total. The molecule has 4 atom stereocenters. The number of aromatic amines is 2. The zero-order valence-corrected chi connectivity index (χ0v) is 40.3. The predicted octanol–water partition coefficient (Wildman–Crippen LogP) is 9.16. The van der Waals surface area contributed by atoms with Gasteiger partial charge in [0.05, 0.1) is 38.2 Å². The van der Waals surface area contributed by atoms with E-state index in [0.717, 1.165) is 77.9 Å². The standard InChI is InChI=1S/C53H63N7O6S/c1-30(2)46(57-51(64)65-5)49(62)60-24-10-12-44(60)48-54-29-42(56-48)33-15-13-32(14-16-33)35-18-19-36(39-28-53(27-38(35)39)21-7-8-22-53)34-17-20-40-37(25-34)45(61)26-41(55-40)43-11-9-23-59(43)50(63)47(31(3)4)58-52(67)66-6/h13-20,25-26,29-31,43-44,46-47H,7-12,21-24,27-28H2,1-6H3,(H,54,56)(H,55,61)(H,57,64)(H,58,67)/t43-,44-,46-,47-/m0/s1. The topological polar surface area (TPSA) is 162 Å². The molecule has 4 heterocycles. The Morgan fingerprint density at radius 1 is 0.731 bits per heavy atom. The van der Waals surface area contributed by atoms with E-state index in [4.69, 9.17) is 26.7 Å². The van der Waals surface area contributed by atoms with Crippen LogP contribution in [0.1, 0.15) is 114 Å². The molecule has 2 saturated heterocycles. The number of imidazole rings is 1. The first-order valence-electron chi connectivity index (χ1n) is 24.1. The molecule has 3 amide bonds. The molecule has 0 radical (unpaired) electrons. The van der Waals surface area contributed by atoms with E-state index >= 15 is 0 Å². The lowest BCUT2D eigenvalue weighted by Gasteiger charge is -2.31. The van der Waals surface area contributed by atoms with E-state index in [0.29, 0.717) is 18.5 Å². The molecular weight excluding hydrogens is 863 g/mol. The van der Waals surface area contributed by atoms with Gasteiger partial charge in [-0.3, -0.25) is 14.4 Å². The number of amides is 3. The second kappa shape index (κ2) is 18.9. The first-order valence-corrected chi connectivity index (χ1v) is 24.5. The lowest BCUT2D eigenvalue weighted by Crippen LogP contribution is -2.51. The van der Waals surface area contributed by atoms with Crippen LogP contribution >= 0.6 is 12.2 Å². The number of methoxy groups -OCH3 is 2. The van der Waals surface area contributed by atoms with Crippen LogP contribution in [0.25, 0.3) is 44.4 Å². The van der Waals surface area contributed by atoms with Gasteiger partial charge in [-0.05, 0) is 132 Å². The van der Waals surface area contributed by atoms with Gasteiger partial charge in [0.1, 0.15) is 17.9 Å². The number of nitrogens with one attached hydrogen (secondary N) is 4. The normalized spacial score (nSPS) is 19.6. The number of likely N-dealkylation sites (tertiary alicyclic amines) is 2. The van der Waals surface area contributed by atoms with E-state index in [1.807, 2.05) is 55.8 Å². The van der Waals surface area contributed by atoms with Crippen molar-refractivity contribution in [1.29, 1.82) is 0 Å². The summed E-state index contributed by atoms with van der Waals surface area (Å²) in [7, 11) is 2.79. The molecule has 1 spiro atoms. The van der Waals surface area contributed by atoms with Gasteiger partial charge in [0.15, 0.2) is 5.43 Å². The first-order chi connectivity index (χ1) is 32.3. The molecule has 1 saturated carbocycles. The fraction of sp³-hybridized carbons (Fsp3) is 0.472. The molecule has 4 aliphatic rings. The second-order valence-electron chi connectivity index (χ2n) is 19.9. The number of benzene rings is 3. The summed E-state index contributed by atoms with van der Waals surface area (Å²) in [5.74, 6) is 0.428. The summed E-state index contributed by atoms with van der Waals surface area (Å²) in [5, 5.41) is 6.62. The summed E-state index contributed by atoms with van der Waals surface area (Å²) < 4.78 is 9.98. The Bertz CT molecular complexity index is 2760. The average Bonchev–Trinajstić information content (AvgIpc) is 4.20. The summed E-state index contributed by atoms with van der Waals surface area (Å²) in [4.78, 5) is 69.3. The van der Waals surface area contributed by atoms with Crippen LogP contribution in [-0.2, 0) is 31.9 Å². The fourth-order valence-electron chi connectivity index (χ4n) is 11.5. The molecule has 2 aromatic heterocycles. The Balaban J connectivity index is 0.972. The highest BCUT2D eigenvalue weighted by atomic mass is 32.1. The number of nitrogens with zero attached hydrogens (tertiary/aromatic N) is 3. The van der Waals surface area contributed by atoms with Crippen molar-refractivity contribution < 1.29 is 23.9 Å². The Morgan fingerprint density at radius 2 is 1.31 bits per heavy atom. The lowest BCUT2D eigenvalue weighted by molar-refractivity contribution is -0.136. The monoisotopic (exact) mass is 925 g/mol. The maximum absolute atomic E-state index is 14.0. The van der Waals surface area contributed by atoms with Gasteiger partial charge in [-0.15, -0.1) is 0 Å². The van der Waals surface area contributed by atoms with Gasteiger partial charge in [0, 0.05) is 35.8 Å². The Kier molecular flexibility index (Phi) is 13.0. The van der Waals surface area contributed by atoms with Crippen molar-refractivity contribution in [2.24, 2.45) is 17.3 Å². The van der Waals surface area contributed by atoms with Gasteiger partial charge in [-0.25, -0.2) is 9.78 Å². The quantitative estimate of drug-likeness (QED) is 0.0947. The van der Waals surface area contributed by atoms with Crippen molar-refractivity contribution in [1.82, 2.24) is 35.4 Å². The first kappa shape index (κ1) is 46.1. The number of pyridine rings is 1. The minimum absolute atomic E-state index is 0.0165. The molecule has 14 heteroatoms. The van der Waals surface area contributed by atoms with E-state index in [9.17, 15) is 19.2 Å². The highest BCUT2D eigenvalue weighted by Gasteiger charge is 2.42. The Morgan fingerprint density at radius 3 is 1.94 bits per heavy atom. The number of rotatable bonds is 11. The number of hydrogen-bond donors (Lipinski definition) is 4. The molecule has 0 bridgehead atoms. The van der Waals surface area contributed by atoms with Crippen molar-refractivity contribution >= 4 is 46.2 Å². The molecule has 352 valence electrons. The van der Waals surface area contributed by atoms with E-state index in [2.05, 4.69) is 63.1 Å². The molecule has 3 aromatic carbocycles. The summed E-state index contributed by atoms with van der Waals surface area (Å²) in [6.07, 6.45) is 11.5. The highest BCUT2D eigenvalue weighted by Crippen LogP contribution is 2.53. The highest BCUT2D eigenvalue weighted by molar-refractivity contribution is 7.80. The molecule has 67 heavy (non-hydrogen) atoms. The lowest BCUT2D eigenvalue weighted by atomic mass is 9.82. The molecular formula is C53H63N7O6S.